The first kappa shape index (κ1) is 13.7. The molecular weight excluding hydrogens is 293 g/mol. The fraction of sp³-hybridized carbons (Fsp3) is 0.167. The van der Waals surface area contributed by atoms with Gasteiger partial charge in [-0.05, 0) is 19.1 Å². The molecule has 0 fully saturated rings. The molecular formula is C12H9Cl2NO4. The molecule has 2 aromatic rings. The van der Waals surface area contributed by atoms with Crippen LogP contribution >= 0.6 is 23.2 Å². The van der Waals surface area contributed by atoms with Crippen LogP contribution in [0.4, 0.5) is 0 Å². The van der Waals surface area contributed by atoms with Crippen molar-refractivity contribution < 1.29 is 14.6 Å². The van der Waals surface area contributed by atoms with Crippen molar-refractivity contribution in [2.75, 3.05) is 6.61 Å². The van der Waals surface area contributed by atoms with Crippen LogP contribution in [-0.2, 0) is 4.74 Å². The van der Waals surface area contributed by atoms with Gasteiger partial charge in [0.1, 0.15) is 10.0 Å². The fourth-order valence-electron chi connectivity index (χ4n) is 1.61. The molecule has 0 unspecified atom stereocenters. The van der Waals surface area contributed by atoms with E-state index in [2.05, 4.69) is 0 Å². The Hall–Kier alpha value is -1.72. The number of ether oxygens (including phenoxy) is 1. The number of pyridine rings is 2. The molecule has 0 aliphatic rings. The minimum Gasteiger partial charge on any atom is -0.505 e. The lowest BCUT2D eigenvalue weighted by atomic mass is 10.2. The highest BCUT2D eigenvalue weighted by molar-refractivity contribution is 6.39. The van der Waals surface area contributed by atoms with Crippen LogP contribution in [0.3, 0.4) is 0 Å². The summed E-state index contributed by atoms with van der Waals surface area (Å²) in [7, 11) is 0. The number of hydrogen-bond donors (Lipinski definition) is 1. The van der Waals surface area contributed by atoms with Gasteiger partial charge < -0.3 is 9.84 Å². The zero-order chi connectivity index (χ0) is 14.2. The first-order valence-electron chi connectivity index (χ1n) is 5.36. The van der Waals surface area contributed by atoms with Crippen molar-refractivity contribution >= 4 is 34.7 Å². The summed E-state index contributed by atoms with van der Waals surface area (Å²) in [6.07, 6.45) is 1.27. The van der Waals surface area contributed by atoms with Crippen LogP contribution in [0.25, 0.3) is 5.52 Å². The summed E-state index contributed by atoms with van der Waals surface area (Å²) in [5, 5.41) is 9.12. The van der Waals surface area contributed by atoms with Crippen LogP contribution < -0.4 is 5.56 Å². The van der Waals surface area contributed by atoms with E-state index in [-0.39, 0.29) is 22.7 Å². The van der Waals surface area contributed by atoms with Crippen LogP contribution in [0.5, 0.6) is 5.75 Å². The number of nitrogens with zero attached hydrogens (tertiary/aromatic N) is 1. The number of esters is 1. The molecule has 0 aliphatic heterocycles. The summed E-state index contributed by atoms with van der Waals surface area (Å²) in [5.41, 5.74) is -0.222. The van der Waals surface area contributed by atoms with E-state index < -0.39 is 22.3 Å². The van der Waals surface area contributed by atoms with Gasteiger partial charge in [-0.25, -0.2) is 4.79 Å². The van der Waals surface area contributed by atoms with Crippen molar-refractivity contribution in [3.63, 3.8) is 0 Å². The molecule has 2 rings (SSSR count). The Balaban J connectivity index is 2.74. The summed E-state index contributed by atoms with van der Waals surface area (Å²) in [4.78, 5) is 23.5. The van der Waals surface area contributed by atoms with Crippen LogP contribution in [0, 0.1) is 0 Å². The maximum Gasteiger partial charge on any atom is 0.339 e. The fourth-order valence-corrected chi connectivity index (χ4v) is 2.09. The van der Waals surface area contributed by atoms with Gasteiger partial charge in [-0.2, -0.15) is 0 Å². The Labute approximate surface area is 117 Å². The van der Waals surface area contributed by atoms with Gasteiger partial charge in [0.25, 0.3) is 5.56 Å². The van der Waals surface area contributed by atoms with E-state index in [1.165, 1.54) is 18.3 Å². The molecule has 2 heterocycles. The second-order valence-electron chi connectivity index (χ2n) is 3.68. The van der Waals surface area contributed by atoms with Gasteiger partial charge in [-0.15, -0.1) is 0 Å². The van der Waals surface area contributed by atoms with Crippen LogP contribution in [0.2, 0.25) is 10.0 Å². The third kappa shape index (κ3) is 2.27. The predicted molar refractivity (Wildman–Crippen MR) is 71.3 cm³/mol. The highest BCUT2D eigenvalue weighted by atomic mass is 35.5. The van der Waals surface area contributed by atoms with Crippen LogP contribution in [0.1, 0.15) is 17.3 Å². The number of halogens is 2. The molecule has 0 aromatic carbocycles. The molecule has 0 saturated heterocycles. The molecule has 0 aliphatic carbocycles. The van der Waals surface area contributed by atoms with Gasteiger partial charge in [-0.1, -0.05) is 23.2 Å². The van der Waals surface area contributed by atoms with E-state index in [0.717, 1.165) is 4.40 Å². The summed E-state index contributed by atoms with van der Waals surface area (Å²) in [6, 6.07) is 2.89. The molecule has 0 atom stereocenters. The first-order valence-corrected chi connectivity index (χ1v) is 6.12. The highest BCUT2D eigenvalue weighted by Crippen LogP contribution is 2.32. The van der Waals surface area contributed by atoms with E-state index in [0.29, 0.717) is 0 Å². The van der Waals surface area contributed by atoms with E-state index in [1.807, 2.05) is 0 Å². The van der Waals surface area contributed by atoms with E-state index in [4.69, 9.17) is 27.9 Å². The lowest BCUT2D eigenvalue weighted by Crippen LogP contribution is -2.16. The van der Waals surface area contributed by atoms with Gasteiger partial charge in [0.2, 0.25) is 0 Å². The van der Waals surface area contributed by atoms with Gasteiger partial charge in [0, 0.05) is 6.20 Å². The number of rotatable bonds is 2. The third-order valence-electron chi connectivity index (χ3n) is 2.51. The number of carbonyl (C=O) groups excluding carboxylic acids is 1. The molecule has 100 valence electrons. The number of aromatic hydroxyl groups is 1. The lowest BCUT2D eigenvalue weighted by Gasteiger charge is -2.08. The average molecular weight is 302 g/mol. The van der Waals surface area contributed by atoms with Gasteiger partial charge in [-0.3, -0.25) is 9.20 Å². The monoisotopic (exact) mass is 301 g/mol. The molecule has 0 bridgehead atoms. The summed E-state index contributed by atoms with van der Waals surface area (Å²) >= 11 is 11.6. The normalized spacial score (nSPS) is 10.7. The molecule has 0 radical (unpaired) electrons. The Morgan fingerprint density at radius 3 is 2.68 bits per heavy atom. The molecule has 1 N–H and O–H groups in total. The Morgan fingerprint density at radius 2 is 2.05 bits per heavy atom. The highest BCUT2D eigenvalue weighted by Gasteiger charge is 2.16. The molecule has 0 spiro atoms. The van der Waals surface area contributed by atoms with Crippen molar-refractivity contribution in [2.24, 2.45) is 0 Å². The Kier molecular flexibility index (Phi) is 3.68. The van der Waals surface area contributed by atoms with E-state index in [1.54, 1.807) is 6.92 Å². The quantitative estimate of drug-likeness (QED) is 0.865. The van der Waals surface area contributed by atoms with Crippen LogP contribution in [-0.4, -0.2) is 22.1 Å². The smallest absolute Gasteiger partial charge is 0.339 e. The van der Waals surface area contributed by atoms with E-state index >= 15 is 0 Å². The zero-order valence-electron chi connectivity index (χ0n) is 9.81. The standard InChI is InChI=1S/C12H9Cl2NO4/c1-2-19-12(18)6-3-4-7-8(13)10(16)9(14)11(17)15(7)5-6/h3-5,16H,2H2,1H3. The van der Waals surface area contributed by atoms with Crippen molar-refractivity contribution in [2.45, 2.75) is 6.92 Å². The average Bonchev–Trinajstić information content (AvgIpc) is 2.42. The van der Waals surface area contributed by atoms with E-state index in [9.17, 15) is 14.7 Å². The molecule has 19 heavy (non-hydrogen) atoms. The van der Waals surface area contributed by atoms with Crippen molar-refractivity contribution in [1.82, 2.24) is 4.40 Å². The number of fused-ring (bicyclic) bond motifs is 1. The van der Waals surface area contributed by atoms with Crippen molar-refractivity contribution in [1.29, 1.82) is 0 Å². The van der Waals surface area contributed by atoms with Gasteiger partial charge >= 0.3 is 5.97 Å². The topological polar surface area (TPSA) is 68.0 Å². The molecule has 0 amide bonds. The second-order valence-corrected chi connectivity index (χ2v) is 4.43. The zero-order valence-corrected chi connectivity index (χ0v) is 11.3. The molecule has 0 saturated carbocycles. The van der Waals surface area contributed by atoms with Gasteiger partial charge in [0.05, 0.1) is 17.7 Å². The Bertz CT molecular complexity index is 724. The second kappa shape index (κ2) is 5.11. The minimum absolute atomic E-state index is 0.0555. The Morgan fingerprint density at radius 1 is 1.37 bits per heavy atom. The van der Waals surface area contributed by atoms with Crippen molar-refractivity contribution in [3.05, 3.63) is 44.3 Å². The van der Waals surface area contributed by atoms with Gasteiger partial charge in [0.15, 0.2) is 5.75 Å². The minimum atomic E-state index is -0.662. The number of aromatic nitrogens is 1. The predicted octanol–water partition coefficient (Wildman–Crippen LogP) is 2.49. The summed E-state index contributed by atoms with van der Waals surface area (Å²) in [5.74, 6) is -1.03. The maximum atomic E-state index is 11.9. The maximum absolute atomic E-state index is 11.9. The first-order chi connectivity index (χ1) is 8.97. The van der Waals surface area contributed by atoms with Crippen molar-refractivity contribution in [3.8, 4) is 5.75 Å². The molecule has 2 aromatic heterocycles. The lowest BCUT2D eigenvalue weighted by molar-refractivity contribution is 0.0526. The summed E-state index contributed by atoms with van der Waals surface area (Å²) in [6.45, 7) is 1.90. The molecule has 7 heteroatoms. The molecule has 5 nitrogen and oxygen atoms in total. The number of carbonyl (C=O) groups is 1. The third-order valence-corrected chi connectivity index (χ3v) is 3.22. The largest absolute Gasteiger partial charge is 0.505 e. The number of hydrogen-bond acceptors (Lipinski definition) is 4. The van der Waals surface area contributed by atoms with Crippen LogP contribution in [0.15, 0.2) is 23.1 Å². The SMILES string of the molecule is CCOC(=O)c1ccc2c(Cl)c(O)c(Cl)c(=O)n2c1. The summed E-state index contributed by atoms with van der Waals surface area (Å²) < 4.78 is 5.93.